The minimum atomic E-state index is -0.403. The van der Waals surface area contributed by atoms with E-state index in [9.17, 15) is 9.59 Å². The van der Waals surface area contributed by atoms with Gasteiger partial charge >= 0.3 is 6.03 Å². The van der Waals surface area contributed by atoms with Crippen molar-refractivity contribution in [2.75, 3.05) is 24.3 Å². The summed E-state index contributed by atoms with van der Waals surface area (Å²) in [5.41, 5.74) is 9.85. The van der Waals surface area contributed by atoms with Crippen LogP contribution in [-0.2, 0) is 10.2 Å². The highest BCUT2D eigenvalue weighted by atomic mass is 16.5. The van der Waals surface area contributed by atoms with E-state index < -0.39 is 6.03 Å². The van der Waals surface area contributed by atoms with E-state index in [-0.39, 0.29) is 17.7 Å². The lowest BCUT2D eigenvalue weighted by Crippen LogP contribution is -2.49. The smallest absolute Gasteiger partial charge is 0.328 e. The number of nitrogens with one attached hydrogen (secondary N) is 1. The lowest BCUT2D eigenvalue weighted by molar-refractivity contribution is -0.120. The van der Waals surface area contributed by atoms with Crippen LogP contribution in [-0.4, -0.2) is 25.6 Å². The summed E-state index contributed by atoms with van der Waals surface area (Å²) in [4.78, 5) is 25.5. The number of benzene rings is 2. The van der Waals surface area contributed by atoms with Gasteiger partial charge in [-0.2, -0.15) is 0 Å². The first-order valence-corrected chi connectivity index (χ1v) is 9.56. The quantitative estimate of drug-likeness (QED) is 0.602. The molecule has 1 aliphatic heterocycles. The molecule has 2 aromatic rings. The van der Waals surface area contributed by atoms with Gasteiger partial charge in [0, 0.05) is 35.5 Å². The minimum absolute atomic E-state index is 0.201. The average molecular weight is 393 g/mol. The molecule has 6 heteroatoms. The molecule has 0 aromatic heterocycles. The highest BCUT2D eigenvalue weighted by Gasteiger charge is 2.28. The summed E-state index contributed by atoms with van der Waals surface area (Å²) in [6, 6.07) is 11.1. The Balaban J connectivity index is 2.09. The molecule has 0 saturated carbocycles. The molecule has 0 atom stereocenters. The summed E-state index contributed by atoms with van der Waals surface area (Å²) in [6.45, 7) is 6.65. The molecule has 3 amide bonds. The van der Waals surface area contributed by atoms with E-state index in [0.29, 0.717) is 12.2 Å². The molecule has 0 unspecified atom stereocenters. The Labute approximate surface area is 171 Å². The van der Waals surface area contributed by atoms with Crippen molar-refractivity contribution in [2.45, 2.75) is 32.6 Å². The molecule has 0 spiro atoms. The van der Waals surface area contributed by atoms with Gasteiger partial charge in [-0.15, -0.1) is 0 Å². The number of anilines is 2. The van der Waals surface area contributed by atoms with Crippen LogP contribution in [0.15, 0.2) is 36.4 Å². The van der Waals surface area contributed by atoms with Gasteiger partial charge in [0.05, 0.1) is 7.11 Å². The van der Waals surface area contributed by atoms with Crippen LogP contribution in [0.1, 0.15) is 43.9 Å². The van der Waals surface area contributed by atoms with E-state index in [2.05, 4.69) is 26.1 Å². The first kappa shape index (κ1) is 20.5. The van der Waals surface area contributed by atoms with Gasteiger partial charge in [-0.05, 0) is 35.2 Å². The van der Waals surface area contributed by atoms with E-state index >= 15 is 0 Å². The average Bonchev–Trinajstić information content (AvgIpc) is 2.66. The Morgan fingerprint density at radius 2 is 1.79 bits per heavy atom. The molecule has 6 nitrogen and oxygen atoms in total. The molecule has 0 bridgehead atoms. The summed E-state index contributed by atoms with van der Waals surface area (Å²) in [6.07, 6.45) is 4.22. The van der Waals surface area contributed by atoms with E-state index in [1.54, 1.807) is 12.0 Å². The van der Waals surface area contributed by atoms with Crippen LogP contribution < -0.4 is 20.7 Å². The van der Waals surface area contributed by atoms with E-state index in [4.69, 9.17) is 10.5 Å². The van der Waals surface area contributed by atoms with E-state index in [0.717, 1.165) is 28.1 Å². The molecule has 0 radical (unpaired) electrons. The van der Waals surface area contributed by atoms with Crippen LogP contribution in [0.25, 0.3) is 12.2 Å². The van der Waals surface area contributed by atoms with Crippen LogP contribution >= 0.6 is 0 Å². The Kier molecular flexibility index (Phi) is 5.64. The normalized spacial score (nSPS) is 15.0. The van der Waals surface area contributed by atoms with Crippen LogP contribution in [0.2, 0.25) is 0 Å². The molecule has 152 valence electrons. The third kappa shape index (κ3) is 4.59. The van der Waals surface area contributed by atoms with Gasteiger partial charge < -0.3 is 10.5 Å². The summed E-state index contributed by atoms with van der Waals surface area (Å²) >= 11 is 0. The van der Waals surface area contributed by atoms with Crippen LogP contribution in [0.5, 0.6) is 5.75 Å². The standard InChI is InChI=1S/C23H27N3O3/c1-23(2,3)19-14-18(26-12-11-20(27)25-22(26)28)13-16(21(19)29-4)8-5-15-6-9-17(24)10-7-15/h5-10,13-14H,11-12,24H2,1-4H3,(H,25,27,28). The fourth-order valence-corrected chi connectivity index (χ4v) is 3.30. The summed E-state index contributed by atoms with van der Waals surface area (Å²) < 4.78 is 5.75. The highest BCUT2D eigenvalue weighted by Crippen LogP contribution is 2.39. The van der Waals surface area contributed by atoms with Gasteiger partial charge in [-0.1, -0.05) is 45.1 Å². The summed E-state index contributed by atoms with van der Waals surface area (Å²) in [7, 11) is 1.65. The molecule has 3 rings (SSSR count). The number of methoxy groups -OCH3 is 1. The molecular formula is C23H27N3O3. The predicted octanol–water partition coefficient (Wildman–Crippen LogP) is 4.19. The van der Waals surface area contributed by atoms with Crippen molar-refractivity contribution in [3.8, 4) is 5.75 Å². The molecule has 1 saturated heterocycles. The van der Waals surface area contributed by atoms with Crippen LogP contribution in [0.4, 0.5) is 16.2 Å². The molecule has 1 aliphatic rings. The maximum atomic E-state index is 12.4. The number of imide groups is 1. The Morgan fingerprint density at radius 1 is 1.10 bits per heavy atom. The third-order valence-electron chi connectivity index (χ3n) is 4.87. The molecule has 2 aromatic carbocycles. The number of ether oxygens (including phenoxy) is 1. The zero-order valence-corrected chi connectivity index (χ0v) is 17.3. The molecule has 29 heavy (non-hydrogen) atoms. The molecule has 1 fully saturated rings. The van der Waals surface area contributed by atoms with Crippen molar-refractivity contribution in [1.82, 2.24) is 5.32 Å². The second-order valence-electron chi connectivity index (χ2n) is 8.12. The molecule has 0 aliphatic carbocycles. The van der Waals surface area contributed by atoms with Gasteiger partial charge in [0.1, 0.15) is 5.75 Å². The van der Waals surface area contributed by atoms with Crippen LogP contribution in [0.3, 0.4) is 0 Å². The van der Waals surface area contributed by atoms with Crippen molar-refractivity contribution in [1.29, 1.82) is 0 Å². The number of urea groups is 1. The second kappa shape index (κ2) is 7.99. The van der Waals surface area contributed by atoms with Crippen molar-refractivity contribution in [3.05, 3.63) is 53.1 Å². The molecular weight excluding hydrogens is 366 g/mol. The van der Waals surface area contributed by atoms with Gasteiger partial charge in [-0.25, -0.2) is 4.79 Å². The number of rotatable bonds is 4. The van der Waals surface area contributed by atoms with E-state index in [1.165, 1.54) is 0 Å². The number of carbonyl (C=O) groups excluding carboxylic acids is 2. The Morgan fingerprint density at radius 3 is 2.38 bits per heavy atom. The number of hydrogen-bond acceptors (Lipinski definition) is 4. The highest BCUT2D eigenvalue weighted by molar-refractivity contribution is 6.05. The van der Waals surface area contributed by atoms with Crippen molar-refractivity contribution >= 4 is 35.5 Å². The van der Waals surface area contributed by atoms with Gasteiger partial charge in [0.2, 0.25) is 5.91 Å². The molecule has 3 N–H and O–H groups in total. The van der Waals surface area contributed by atoms with Crippen LogP contribution in [0, 0.1) is 0 Å². The lowest BCUT2D eigenvalue weighted by Gasteiger charge is -2.30. The van der Waals surface area contributed by atoms with Gasteiger partial charge in [-0.3, -0.25) is 15.0 Å². The largest absolute Gasteiger partial charge is 0.496 e. The topological polar surface area (TPSA) is 84.7 Å². The number of amides is 3. The van der Waals surface area contributed by atoms with Gasteiger partial charge in [0.15, 0.2) is 0 Å². The Bertz CT molecular complexity index is 957. The number of hydrogen-bond donors (Lipinski definition) is 2. The SMILES string of the molecule is COc1c(C=Cc2ccc(N)cc2)cc(N2CCC(=O)NC2=O)cc1C(C)(C)C. The maximum absolute atomic E-state index is 12.4. The number of nitrogen functional groups attached to an aromatic ring is 1. The number of nitrogens with zero attached hydrogens (tertiary/aromatic N) is 1. The maximum Gasteiger partial charge on any atom is 0.328 e. The predicted molar refractivity (Wildman–Crippen MR) is 117 cm³/mol. The van der Waals surface area contributed by atoms with E-state index in [1.807, 2.05) is 48.6 Å². The zero-order valence-electron chi connectivity index (χ0n) is 17.3. The Hall–Kier alpha value is -3.28. The fourth-order valence-electron chi connectivity index (χ4n) is 3.30. The lowest BCUT2D eigenvalue weighted by atomic mass is 9.84. The third-order valence-corrected chi connectivity index (χ3v) is 4.87. The van der Waals surface area contributed by atoms with Crippen molar-refractivity contribution in [3.63, 3.8) is 0 Å². The number of carbonyl (C=O) groups is 2. The second-order valence-corrected chi connectivity index (χ2v) is 8.12. The van der Waals surface area contributed by atoms with Crippen molar-refractivity contribution < 1.29 is 14.3 Å². The monoisotopic (exact) mass is 393 g/mol. The summed E-state index contributed by atoms with van der Waals surface area (Å²) in [5, 5.41) is 2.38. The first-order chi connectivity index (χ1) is 13.7. The fraction of sp³-hybridized carbons (Fsp3) is 0.304. The minimum Gasteiger partial charge on any atom is -0.496 e. The summed E-state index contributed by atoms with van der Waals surface area (Å²) in [5.74, 6) is 0.515. The zero-order chi connectivity index (χ0) is 21.2. The number of nitrogens with two attached hydrogens (primary N) is 1. The van der Waals surface area contributed by atoms with Gasteiger partial charge in [0.25, 0.3) is 0 Å². The molecule has 1 heterocycles. The van der Waals surface area contributed by atoms with Crippen molar-refractivity contribution in [2.24, 2.45) is 0 Å². The first-order valence-electron chi connectivity index (χ1n) is 9.56.